The van der Waals surface area contributed by atoms with Crippen LogP contribution in [0.4, 0.5) is 0 Å². The number of carbonyl (C=O) groups is 1. The molecule has 0 spiro atoms. The maximum atomic E-state index is 13.6. The lowest BCUT2D eigenvalue weighted by Gasteiger charge is -2.14. The van der Waals surface area contributed by atoms with Gasteiger partial charge >= 0.3 is 0 Å². The Hall–Kier alpha value is -2.49. The smallest absolute Gasteiger partial charge is 0.194 e. The summed E-state index contributed by atoms with van der Waals surface area (Å²) in [7, 11) is 0. The molecule has 4 rings (SSSR count). The van der Waals surface area contributed by atoms with Gasteiger partial charge < -0.3 is 0 Å². The highest BCUT2D eigenvalue weighted by Gasteiger charge is 2.19. The van der Waals surface area contributed by atoms with E-state index in [0.717, 1.165) is 31.2 Å². The summed E-state index contributed by atoms with van der Waals surface area (Å²) in [5.41, 5.74) is 5.22. The number of hydrogen-bond donors (Lipinski definition) is 0. The summed E-state index contributed by atoms with van der Waals surface area (Å²) in [4.78, 5) is 13.6. The summed E-state index contributed by atoms with van der Waals surface area (Å²) in [6.45, 7) is 0. The molecule has 136 valence electrons. The molecular weight excluding hydrogens is 476 g/mol. The molecule has 0 bridgehead atoms. The molecule has 28 heavy (non-hydrogen) atoms. The number of rotatable bonds is 4. The minimum Gasteiger partial charge on any atom is -0.289 e. The first-order valence-electron chi connectivity index (χ1n) is 8.89. The highest BCUT2D eigenvalue weighted by molar-refractivity contribution is 9.11. The SMILES string of the molecule is O=C(c1ccccc1-c1ccccc1Br)c1ccccc1-c1ccccc1Br. The predicted octanol–water partition coefficient (Wildman–Crippen LogP) is 7.78. The molecule has 0 aliphatic heterocycles. The zero-order chi connectivity index (χ0) is 19.5. The molecule has 0 heterocycles. The van der Waals surface area contributed by atoms with Crippen molar-refractivity contribution in [2.75, 3.05) is 0 Å². The van der Waals surface area contributed by atoms with Crippen LogP contribution in [0.5, 0.6) is 0 Å². The summed E-state index contributed by atoms with van der Waals surface area (Å²) in [6, 6.07) is 31.5. The molecule has 0 fully saturated rings. The van der Waals surface area contributed by atoms with E-state index >= 15 is 0 Å². The van der Waals surface area contributed by atoms with E-state index in [1.165, 1.54) is 0 Å². The van der Waals surface area contributed by atoms with Crippen LogP contribution < -0.4 is 0 Å². The van der Waals surface area contributed by atoms with Gasteiger partial charge in [-0.2, -0.15) is 0 Å². The maximum Gasteiger partial charge on any atom is 0.194 e. The minimum atomic E-state index is 0.0118. The van der Waals surface area contributed by atoms with Gasteiger partial charge in [-0.15, -0.1) is 0 Å². The van der Waals surface area contributed by atoms with Crippen LogP contribution in [0.25, 0.3) is 22.3 Å². The van der Waals surface area contributed by atoms with E-state index < -0.39 is 0 Å². The first-order chi connectivity index (χ1) is 13.7. The molecule has 0 amide bonds. The van der Waals surface area contributed by atoms with E-state index in [2.05, 4.69) is 31.9 Å². The normalized spacial score (nSPS) is 10.6. The van der Waals surface area contributed by atoms with Gasteiger partial charge in [0.2, 0.25) is 0 Å². The Labute approximate surface area is 181 Å². The van der Waals surface area contributed by atoms with Gasteiger partial charge in [0.25, 0.3) is 0 Å². The van der Waals surface area contributed by atoms with Crippen LogP contribution in [0, 0.1) is 0 Å². The average Bonchev–Trinajstić information content (AvgIpc) is 2.74. The van der Waals surface area contributed by atoms with Crippen molar-refractivity contribution >= 4 is 37.6 Å². The molecule has 0 atom stereocenters. The number of halogens is 2. The second-order valence-electron chi connectivity index (χ2n) is 6.38. The molecule has 0 saturated heterocycles. The quantitative estimate of drug-likeness (QED) is 0.266. The largest absolute Gasteiger partial charge is 0.289 e. The summed E-state index contributed by atoms with van der Waals surface area (Å²) in [6.07, 6.45) is 0. The molecule has 0 N–H and O–H groups in total. The lowest BCUT2D eigenvalue weighted by molar-refractivity contribution is 0.104. The molecular formula is C25H16Br2O. The molecule has 0 aliphatic carbocycles. The monoisotopic (exact) mass is 490 g/mol. The Morgan fingerprint density at radius 2 is 0.786 bits per heavy atom. The van der Waals surface area contributed by atoms with Crippen molar-refractivity contribution in [1.29, 1.82) is 0 Å². The Balaban J connectivity index is 1.88. The van der Waals surface area contributed by atoms with E-state index in [1.54, 1.807) is 0 Å². The zero-order valence-electron chi connectivity index (χ0n) is 14.9. The van der Waals surface area contributed by atoms with Crippen molar-refractivity contribution in [2.24, 2.45) is 0 Å². The summed E-state index contributed by atoms with van der Waals surface area (Å²) < 4.78 is 1.93. The van der Waals surface area contributed by atoms with Gasteiger partial charge in [-0.05, 0) is 34.4 Å². The molecule has 4 aromatic carbocycles. The van der Waals surface area contributed by atoms with Crippen LogP contribution in [-0.2, 0) is 0 Å². The Morgan fingerprint density at radius 1 is 0.464 bits per heavy atom. The van der Waals surface area contributed by atoms with Crippen molar-refractivity contribution in [2.45, 2.75) is 0 Å². The molecule has 0 saturated carbocycles. The summed E-state index contributed by atoms with van der Waals surface area (Å²) in [5.74, 6) is 0.0118. The van der Waals surface area contributed by atoms with Gasteiger partial charge in [0.15, 0.2) is 5.78 Å². The summed E-state index contributed by atoms with van der Waals surface area (Å²) in [5, 5.41) is 0. The fourth-order valence-electron chi connectivity index (χ4n) is 3.34. The van der Waals surface area contributed by atoms with Gasteiger partial charge in [-0.1, -0.05) is 117 Å². The van der Waals surface area contributed by atoms with Crippen molar-refractivity contribution in [3.63, 3.8) is 0 Å². The number of benzene rings is 4. The first kappa shape index (κ1) is 18.9. The van der Waals surface area contributed by atoms with E-state index in [0.29, 0.717) is 11.1 Å². The van der Waals surface area contributed by atoms with Crippen LogP contribution >= 0.6 is 31.9 Å². The Kier molecular flexibility index (Phi) is 5.56. The van der Waals surface area contributed by atoms with Crippen LogP contribution in [0.2, 0.25) is 0 Å². The Bertz CT molecular complexity index is 1070. The topological polar surface area (TPSA) is 17.1 Å². The second-order valence-corrected chi connectivity index (χ2v) is 8.09. The molecule has 0 radical (unpaired) electrons. The molecule has 4 aromatic rings. The van der Waals surface area contributed by atoms with Crippen molar-refractivity contribution in [3.8, 4) is 22.3 Å². The highest BCUT2D eigenvalue weighted by atomic mass is 79.9. The number of ketones is 1. The van der Waals surface area contributed by atoms with Gasteiger partial charge in [-0.3, -0.25) is 4.79 Å². The van der Waals surface area contributed by atoms with E-state index in [-0.39, 0.29) is 5.78 Å². The van der Waals surface area contributed by atoms with Crippen LogP contribution in [-0.4, -0.2) is 5.78 Å². The van der Waals surface area contributed by atoms with Crippen LogP contribution in [0.3, 0.4) is 0 Å². The lowest BCUT2D eigenvalue weighted by Crippen LogP contribution is -2.06. The first-order valence-corrected chi connectivity index (χ1v) is 10.5. The maximum absolute atomic E-state index is 13.6. The van der Waals surface area contributed by atoms with E-state index in [4.69, 9.17) is 0 Å². The average molecular weight is 492 g/mol. The van der Waals surface area contributed by atoms with Crippen molar-refractivity contribution < 1.29 is 4.79 Å². The van der Waals surface area contributed by atoms with E-state index in [9.17, 15) is 4.79 Å². The van der Waals surface area contributed by atoms with Gasteiger partial charge in [0, 0.05) is 20.1 Å². The third-order valence-corrected chi connectivity index (χ3v) is 6.05. The third-order valence-electron chi connectivity index (χ3n) is 4.67. The molecule has 0 aliphatic rings. The van der Waals surface area contributed by atoms with E-state index in [1.807, 2.05) is 97.1 Å². The van der Waals surface area contributed by atoms with Crippen molar-refractivity contribution in [1.82, 2.24) is 0 Å². The lowest BCUT2D eigenvalue weighted by atomic mass is 9.90. The molecule has 0 aromatic heterocycles. The number of carbonyl (C=O) groups excluding carboxylic acids is 1. The molecule has 1 nitrogen and oxygen atoms in total. The predicted molar refractivity (Wildman–Crippen MR) is 123 cm³/mol. The van der Waals surface area contributed by atoms with Crippen LogP contribution in [0.15, 0.2) is 106 Å². The van der Waals surface area contributed by atoms with Gasteiger partial charge in [0.05, 0.1) is 0 Å². The minimum absolute atomic E-state index is 0.0118. The standard InChI is InChI=1S/C25H16Br2O/c26-23-15-7-5-11-19(23)17-9-1-3-13-21(17)25(28)22-14-4-2-10-18(22)20-12-6-8-16-24(20)27/h1-16H. The highest BCUT2D eigenvalue weighted by Crippen LogP contribution is 2.35. The molecule has 3 heteroatoms. The molecule has 0 unspecified atom stereocenters. The fraction of sp³-hybridized carbons (Fsp3) is 0. The second kappa shape index (κ2) is 8.26. The van der Waals surface area contributed by atoms with Crippen molar-refractivity contribution in [3.05, 3.63) is 117 Å². The van der Waals surface area contributed by atoms with Gasteiger partial charge in [-0.25, -0.2) is 0 Å². The third kappa shape index (κ3) is 3.60. The zero-order valence-corrected chi connectivity index (χ0v) is 18.1. The van der Waals surface area contributed by atoms with Gasteiger partial charge in [0.1, 0.15) is 0 Å². The van der Waals surface area contributed by atoms with Crippen LogP contribution in [0.1, 0.15) is 15.9 Å². The summed E-state index contributed by atoms with van der Waals surface area (Å²) >= 11 is 7.23. The fourth-order valence-corrected chi connectivity index (χ4v) is 4.33. The number of hydrogen-bond acceptors (Lipinski definition) is 1. The Morgan fingerprint density at radius 3 is 1.18 bits per heavy atom.